The van der Waals surface area contributed by atoms with E-state index >= 15 is 0 Å². The Balaban J connectivity index is 1.90. The Morgan fingerprint density at radius 1 is 1.07 bits per heavy atom. The van der Waals surface area contributed by atoms with Crippen LogP contribution in [-0.4, -0.2) is 31.7 Å². The first-order valence-electron chi connectivity index (χ1n) is 8.71. The minimum absolute atomic E-state index is 0.149. The number of aryl methyl sites for hydroxylation is 2. The maximum Gasteiger partial charge on any atom is 0.330 e. The number of hydrogen-bond donors (Lipinski definition) is 2. The van der Waals surface area contributed by atoms with Gasteiger partial charge in [0.2, 0.25) is 0 Å². The molecule has 0 aliphatic rings. The summed E-state index contributed by atoms with van der Waals surface area (Å²) >= 11 is 0. The minimum atomic E-state index is -1.13. The van der Waals surface area contributed by atoms with Crippen molar-refractivity contribution in [2.24, 2.45) is 0 Å². The van der Waals surface area contributed by atoms with Gasteiger partial charge >= 0.3 is 5.97 Å². The molecule has 0 saturated heterocycles. The van der Waals surface area contributed by atoms with E-state index in [0.29, 0.717) is 16.8 Å². The molecule has 3 rings (SSSR count). The van der Waals surface area contributed by atoms with Gasteiger partial charge in [-0.15, -0.1) is 0 Å². The monoisotopic (exact) mass is 366 g/mol. The summed E-state index contributed by atoms with van der Waals surface area (Å²) in [4.78, 5) is 28.7. The molecule has 7 nitrogen and oxygen atoms in total. The van der Waals surface area contributed by atoms with Crippen molar-refractivity contribution in [3.05, 3.63) is 58.9 Å². The van der Waals surface area contributed by atoms with Crippen molar-refractivity contribution in [1.29, 1.82) is 0 Å². The highest BCUT2D eigenvalue weighted by molar-refractivity contribution is 5.98. The fourth-order valence-corrected chi connectivity index (χ4v) is 3.12. The molecule has 0 aliphatic heterocycles. The number of benzene rings is 1. The van der Waals surface area contributed by atoms with Crippen molar-refractivity contribution < 1.29 is 14.7 Å². The zero-order valence-electron chi connectivity index (χ0n) is 15.7. The topological polar surface area (TPSA) is 97.1 Å². The van der Waals surface area contributed by atoms with E-state index in [-0.39, 0.29) is 6.04 Å². The summed E-state index contributed by atoms with van der Waals surface area (Å²) in [5, 5.41) is 17.2. The number of hydrogen-bond acceptors (Lipinski definition) is 4. The largest absolute Gasteiger partial charge is 0.479 e. The molecule has 0 fully saturated rings. The molecule has 1 unspecified atom stereocenters. The van der Waals surface area contributed by atoms with Crippen LogP contribution in [0.4, 0.5) is 0 Å². The fraction of sp³-hybridized carbons (Fsp3) is 0.300. The van der Waals surface area contributed by atoms with Gasteiger partial charge in [0.05, 0.1) is 11.8 Å². The summed E-state index contributed by atoms with van der Waals surface area (Å²) in [5.74, 6) is -1.61. The number of carboxylic acids is 1. The van der Waals surface area contributed by atoms with Gasteiger partial charge in [-0.25, -0.2) is 14.5 Å². The molecule has 0 saturated carbocycles. The highest BCUT2D eigenvalue weighted by Crippen LogP contribution is 2.20. The molecule has 2 N–H and O–H groups in total. The van der Waals surface area contributed by atoms with Crippen molar-refractivity contribution in [1.82, 2.24) is 20.1 Å². The highest BCUT2D eigenvalue weighted by Gasteiger charge is 2.23. The predicted octanol–water partition coefficient (Wildman–Crippen LogP) is 3.18. The van der Waals surface area contributed by atoms with E-state index in [9.17, 15) is 14.7 Å². The summed E-state index contributed by atoms with van der Waals surface area (Å²) in [6.45, 7) is 7.77. The molecule has 0 bridgehead atoms. The maximum atomic E-state index is 12.6. The van der Waals surface area contributed by atoms with Crippen molar-refractivity contribution in [2.75, 3.05) is 0 Å². The molecule has 1 aromatic carbocycles. The highest BCUT2D eigenvalue weighted by atomic mass is 16.4. The molecule has 0 spiro atoms. The average Bonchev–Trinajstić information content (AvgIpc) is 3.01. The zero-order chi connectivity index (χ0) is 19.7. The third-order valence-corrected chi connectivity index (χ3v) is 4.28. The van der Waals surface area contributed by atoms with E-state index in [1.165, 1.54) is 6.20 Å². The van der Waals surface area contributed by atoms with E-state index in [2.05, 4.69) is 15.4 Å². The van der Waals surface area contributed by atoms with Crippen LogP contribution in [0, 0.1) is 13.8 Å². The number of aromatic nitrogens is 3. The van der Waals surface area contributed by atoms with Crippen LogP contribution in [0.3, 0.4) is 0 Å². The van der Waals surface area contributed by atoms with Gasteiger partial charge in [0.15, 0.2) is 11.7 Å². The van der Waals surface area contributed by atoms with Gasteiger partial charge in [-0.05, 0) is 39.3 Å². The third-order valence-electron chi connectivity index (χ3n) is 4.28. The Hall–Kier alpha value is -3.22. The summed E-state index contributed by atoms with van der Waals surface area (Å²) in [7, 11) is 0. The molecule has 7 heteroatoms. The second-order valence-corrected chi connectivity index (χ2v) is 6.99. The van der Waals surface area contributed by atoms with Crippen LogP contribution < -0.4 is 5.32 Å². The Kier molecular flexibility index (Phi) is 4.94. The molecular weight excluding hydrogens is 344 g/mol. The van der Waals surface area contributed by atoms with Gasteiger partial charge in [0.1, 0.15) is 0 Å². The van der Waals surface area contributed by atoms with Crippen LogP contribution in [0.15, 0.2) is 36.7 Å². The second kappa shape index (κ2) is 7.19. The number of carboxylic acid groups (broad SMARTS) is 1. The maximum absolute atomic E-state index is 12.6. The Bertz CT molecular complexity index is 1000. The molecule has 0 aliphatic carbocycles. The van der Waals surface area contributed by atoms with Gasteiger partial charge < -0.3 is 10.4 Å². The Labute approximate surface area is 157 Å². The van der Waals surface area contributed by atoms with E-state index in [1.807, 2.05) is 33.8 Å². The first-order chi connectivity index (χ1) is 12.8. The first kappa shape index (κ1) is 18.6. The molecule has 2 heterocycles. The molecule has 2 aromatic heterocycles. The van der Waals surface area contributed by atoms with E-state index in [4.69, 9.17) is 0 Å². The normalized spacial score (nSPS) is 12.3. The molecule has 140 valence electrons. The van der Waals surface area contributed by atoms with Crippen molar-refractivity contribution in [3.8, 4) is 0 Å². The lowest BCUT2D eigenvalue weighted by Gasteiger charge is -2.16. The van der Waals surface area contributed by atoms with Crippen LogP contribution in [-0.2, 0) is 4.79 Å². The number of pyridine rings is 1. The molecular formula is C20H22N4O3. The number of nitrogens with zero attached hydrogens (tertiary/aromatic N) is 3. The number of rotatable bonds is 5. The molecule has 3 aromatic rings. The third kappa shape index (κ3) is 3.81. The van der Waals surface area contributed by atoms with Gasteiger partial charge in [0, 0.05) is 17.6 Å². The number of amides is 1. The smallest absolute Gasteiger partial charge is 0.330 e. The van der Waals surface area contributed by atoms with Gasteiger partial charge in [-0.2, -0.15) is 5.10 Å². The number of fused-ring (bicyclic) bond motifs is 1. The Morgan fingerprint density at radius 3 is 2.33 bits per heavy atom. The summed E-state index contributed by atoms with van der Waals surface area (Å²) in [6.07, 6.45) is 3.09. The Morgan fingerprint density at radius 2 is 1.74 bits per heavy atom. The number of nitrogens with one attached hydrogen (secondary N) is 1. The summed E-state index contributed by atoms with van der Waals surface area (Å²) < 4.78 is 1.77. The van der Waals surface area contributed by atoms with Gasteiger partial charge in [-0.3, -0.25) is 4.79 Å². The van der Waals surface area contributed by atoms with Crippen LogP contribution in [0.25, 0.3) is 11.0 Å². The first-order valence-corrected chi connectivity index (χ1v) is 8.71. The average molecular weight is 366 g/mol. The quantitative estimate of drug-likeness (QED) is 0.723. The van der Waals surface area contributed by atoms with E-state index in [1.54, 1.807) is 29.1 Å². The van der Waals surface area contributed by atoms with Crippen molar-refractivity contribution in [2.45, 2.75) is 39.8 Å². The molecule has 0 radical (unpaired) electrons. The predicted molar refractivity (Wildman–Crippen MR) is 102 cm³/mol. The van der Waals surface area contributed by atoms with Crippen molar-refractivity contribution >= 4 is 22.9 Å². The van der Waals surface area contributed by atoms with Crippen molar-refractivity contribution in [3.63, 3.8) is 0 Å². The van der Waals surface area contributed by atoms with Crippen LogP contribution in [0.5, 0.6) is 0 Å². The second-order valence-electron chi connectivity index (χ2n) is 6.99. The zero-order valence-corrected chi connectivity index (χ0v) is 15.7. The summed E-state index contributed by atoms with van der Waals surface area (Å²) in [6, 6.07) is 6.17. The lowest BCUT2D eigenvalue weighted by atomic mass is 10.0. The van der Waals surface area contributed by atoms with Gasteiger partial charge in [-0.1, -0.05) is 29.3 Å². The van der Waals surface area contributed by atoms with Crippen LogP contribution >= 0.6 is 0 Å². The lowest BCUT2D eigenvalue weighted by molar-refractivity contribution is -0.139. The van der Waals surface area contributed by atoms with Crippen LogP contribution in [0.2, 0.25) is 0 Å². The minimum Gasteiger partial charge on any atom is -0.479 e. The SMILES string of the molecule is Cc1cc(C)cc(C(NC(=O)c2cnc3c(cnn3C(C)C)c2)C(=O)O)c1. The molecule has 1 atom stereocenters. The number of carbonyl (C=O) groups excluding carboxylic acids is 1. The fourth-order valence-electron chi connectivity index (χ4n) is 3.12. The van der Waals surface area contributed by atoms with Crippen LogP contribution in [0.1, 0.15) is 53.0 Å². The standard InChI is InChI=1S/C20H22N4O3/c1-11(2)24-18-15(10-22-24)8-16(9-21-18)19(25)23-17(20(26)27)14-6-12(3)5-13(4)7-14/h5-11,17H,1-4H3,(H,23,25)(H,26,27). The molecule has 1 amide bonds. The summed E-state index contributed by atoms with van der Waals surface area (Å²) in [5.41, 5.74) is 3.39. The molecule has 27 heavy (non-hydrogen) atoms. The number of carbonyl (C=O) groups is 2. The van der Waals surface area contributed by atoms with E-state index in [0.717, 1.165) is 16.5 Å². The number of aliphatic carboxylic acids is 1. The lowest BCUT2D eigenvalue weighted by Crippen LogP contribution is -2.34. The van der Waals surface area contributed by atoms with Gasteiger partial charge in [0.25, 0.3) is 5.91 Å². The van der Waals surface area contributed by atoms with E-state index < -0.39 is 17.9 Å².